The van der Waals surface area contributed by atoms with Crippen LogP contribution < -0.4 is 5.32 Å². The molecule has 0 spiro atoms. The molecule has 0 radical (unpaired) electrons. The number of ether oxygens (including phenoxy) is 1. The molecule has 1 aliphatic rings. The normalized spacial score (nSPS) is 14.8. The third-order valence-electron chi connectivity index (χ3n) is 4.63. The smallest absolute Gasteiger partial charge is 0.230 e. The molecule has 9 heteroatoms. The summed E-state index contributed by atoms with van der Waals surface area (Å²) < 4.78 is 12.8. The van der Waals surface area contributed by atoms with Crippen molar-refractivity contribution in [3.8, 4) is 11.4 Å². The summed E-state index contributed by atoms with van der Waals surface area (Å²) in [6, 6.07) is 11.4. The molecular formula is C20H21ClN4O3S. The summed E-state index contributed by atoms with van der Waals surface area (Å²) in [5.74, 6) is 1.75. The molecule has 0 bridgehead atoms. The van der Waals surface area contributed by atoms with Crippen molar-refractivity contribution >= 4 is 29.3 Å². The van der Waals surface area contributed by atoms with Crippen LogP contribution in [0.2, 0.25) is 5.02 Å². The first-order valence-corrected chi connectivity index (χ1v) is 10.8. The van der Waals surface area contributed by atoms with E-state index in [9.17, 15) is 4.79 Å². The van der Waals surface area contributed by atoms with Crippen LogP contribution in [-0.4, -0.2) is 45.7 Å². The molecule has 7 nitrogen and oxygen atoms in total. The maximum atomic E-state index is 12.4. The number of carbonyl (C=O) groups is 1. The lowest BCUT2D eigenvalue weighted by atomic mass is 10.1. The topological polar surface area (TPSA) is 82.2 Å². The number of benzene rings is 1. The zero-order chi connectivity index (χ0) is 20.1. The van der Waals surface area contributed by atoms with Gasteiger partial charge in [0.15, 0.2) is 11.0 Å². The number of nitrogens with one attached hydrogen (secondary N) is 1. The Hall–Kier alpha value is -2.29. The van der Waals surface area contributed by atoms with E-state index < -0.39 is 0 Å². The Bertz CT molecular complexity index is 937. The number of rotatable bonds is 7. The molecule has 0 aliphatic carbocycles. The van der Waals surface area contributed by atoms with Crippen LogP contribution in [0.25, 0.3) is 11.4 Å². The zero-order valence-corrected chi connectivity index (χ0v) is 17.3. The van der Waals surface area contributed by atoms with Gasteiger partial charge in [0.05, 0.1) is 18.6 Å². The third-order valence-corrected chi connectivity index (χ3v) is 5.85. The fourth-order valence-corrected chi connectivity index (χ4v) is 4.03. The number of thioether (sulfide) groups is 1. The van der Waals surface area contributed by atoms with Crippen molar-refractivity contribution in [3.63, 3.8) is 0 Å². The van der Waals surface area contributed by atoms with E-state index in [0.29, 0.717) is 35.8 Å². The lowest BCUT2D eigenvalue weighted by Gasteiger charge is -2.22. The van der Waals surface area contributed by atoms with Gasteiger partial charge in [-0.1, -0.05) is 23.4 Å². The van der Waals surface area contributed by atoms with Crippen LogP contribution in [0.1, 0.15) is 18.6 Å². The first-order valence-electron chi connectivity index (χ1n) is 9.40. The molecule has 1 fully saturated rings. The van der Waals surface area contributed by atoms with Crippen LogP contribution >= 0.6 is 23.4 Å². The molecule has 1 aliphatic heterocycles. The minimum Gasteiger partial charge on any atom is -0.467 e. The van der Waals surface area contributed by atoms with Gasteiger partial charge in [-0.15, -0.1) is 10.2 Å². The van der Waals surface area contributed by atoms with E-state index in [0.717, 1.165) is 24.2 Å². The second-order valence-corrected chi connectivity index (χ2v) is 8.10. The predicted octanol–water partition coefficient (Wildman–Crippen LogP) is 3.63. The van der Waals surface area contributed by atoms with E-state index in [2.05, 4.69) is 15.5 Å². The van der Waals surface area contributed by atoms with Crippen LogP contribution in [0.5, 0.6) is 0 Å². The van der Waals surface area contributed by atoms with Crippen LogP contribution in [0.15, 0.2) is 52.2 Å². The molecule has 3 aromatic rings. The molecule has 29 heavy (non-hydrogen) atoms. The summed E-state index contributed by atoms with van der Waals surface area (Å²) >= 11 is 7.37. The van der Waals surface area contributed by atoms with E-state index in [-0.39, 0.29) is 17.7 Å². The van der Waals surface area contributed by atoms with Crippen molar-refractivity contribution in [2.45, 2.75) is 30.6 Å². The molecule has 3 heterocycles. The summed E-state index contributed by atoms with van der Waals surface area (Å²) in [5.41, 5.74) is 0.895. The molecule has 1 saturated heterocycles. The monoisotopic (exact) mass is 432 g/mol. The molecule has 0 saturated carbocycles. The van der Waals surface area contributed by atoms with Crippen LogP contribution in [0.3, 0.4) is 0 Å². The van der Waals surface area contributed by atoms with Gasteiger partial charge in [-0.2, -0.15) is 0 Å². The molecule has 0 atom stereocenters. The SMILES string of the molecule is O=C(CSc1nnc(-c2ccc(Cl)cc2)n1Cc1ccco1)NC1CCOCC1. The van der Waals surface area contributed by atoms with Crippen molar-refractivity contribution in [2.75, 3.05) is 19.0 Å². The number of nitrogens with zero attached hydrogens (tertiary/aromatic N) is 3. The second-order valence-electron chi connectivity index (χ2n) is 6.72. The average molecular weight is 433 g/mol. The first kappa shape index (κ1) is 20.0. The zero-order valence-electron chi connectivity index (χ0n) is 15.7. The molecule has 0 unspecified atom stereocenters. The molecule has 4 rings (SSSR count). The molecule has 1 amide bonds. The van der Waals surface area contributed by atoms with E-state index in [4.69, 9.17) is 20.8 Å². The number of carbonyl (C=O) groups excluding carboxylic acids is 1. The van der Waals surface area contributed by atoms with Gasteiger partial charge in [-0.05, 0) is 49.2 Å². The number of hydrogen-bond donors (Lipinski definition) is 1. The van der Waals surface area contributed by atoms with Crippen molar-refractivity contribution in [2.24, 2.45) is 0 Å². The van der Waals surface area contributed by atoms with Crippen LogP contribution in [-0.2, 0) is 16.1 Å². The van der Waals surface area contributed by atoms with E-state index >= 15 is 0 Å². The Morgan fingerprint density at radius 3 is 2.72 bits per heavy atom. The largest absolute Gasteiger partial charge is 0.467 e. The molecule has 1 N–H and O–H groups in total. The fourth-order valence-electron chi connectivity index (χ4n) is 3.15. The summed E-state index contributed by atoms with van der Waals surface area (Å²) in [7, 11) is 0. The van der Waals surface area contributed by atoms with Gasteiger partial charge in [0, 0.05) is 29.8 Å². The highest BCUT2D eigenvalue weighted by molar-refractivity contribution is 7.99. The Balaban J connectivity index is 1.49. The van der Waals surface area contributed by atoms with Gasteiger partial charge >= 0.3 is 0 Å². The number of halogens is 1. The van der Waals surface area contributed by atoms with Crippen molar-refractivity contribution < 1.29 is 13.9 Å². The molecule has 2 aromatic heterocycles. The average Bonchev–Trinajstić information content (AvgIpc) is 3.38. The molecular weight excluding hydrogens is 412 g/mol. The van der Waals surface area contributed by atoms with Gasteiger partial charge < -0.3 is 14.5 Å². The molecule has 152 valence electrons. The minimum absolute atomic E-state index is 0.0116. The summed E-state index contributed by atoms with van der Waals surface area (Å²) in [6.45, 7) is 1.86. The van der Waals surface area contributed by atoms with E-state index in [1.54, 1.807) is 6.26 Å². The minimum atomic E-state index is -0.0116. The van der Waals surface area contributed by atoms with Gasteiger partial charge in [0.1, 0.15) is 5.76 Å². The van der Waals surface area contributed by atoms with Crippen LogP contribution in [0.4, 0.5) is 0 Å². The first-order chi connectivity index (χ1) is 14.2. The quantitative estimate of drug-likeness (QED) is 0.574. The second kappa shape index (κ2) is 9.47. The van der Waals surface area contributed by atoms with Crippen molar-refractivity contribution in [1.82, 2.24) is 20.1 Å². The predicted molar refractivity (Wildman–Crippen MR) is 111 cm³/mol. The van der Waals surface area contributed by atoms with Gasteiger partial charge in [0.25, 0.3) is 0 Å². The maximum Gasteiger partial charge on any atom is 0.230 e. The van der Waals surface area contributed by atoms with E-state index in [1.807, 2.05) is 41.0 Å². The van der Waals surface area contributed by atoms with E-state index in [1.165, 1.54) is 11.8 Å². The lowest BCUT2D eigenvalue weighted by Crippen LogP contribution is -2.39. The number of amides is 1. The highest BCUT2D eigenvalue weighted by atomic mass is 35.5. The van der Waals surface area contributed by atoms with Gasteiger partial charge in [-0.25, -0.2) is 0 Å². The Morgan fingerprint density at radius 1 is 1.21 bits per heavy atom. The summed E-state index contributed by atoms with van der Waals surface area (Å²) in [4.78, 5) is 12.4. The molecule has 1 aromatic carbocycles. The van der Waals surface area contributed by atoms with Gasteiger partial charge in [-0.3, -0.25) is 9.36 Å². The Kier molecular flexibility index (Phi) is 6.53. The summed E-state index contributed by atoms with van der Waals surface area (Å²) in [5, 5.41) is 13.1. The maximum absolute atomic E-state index is 12.4. The number of aromatic nitrogens is 3. The van der Waals surface area contributed by atoms with Crippen molar-refractivity contribution in [1.29, 1.82) is 0 Å². The Morgan fingerprint density at radius 2 is 2.00 bits per heavy atom. The summed E-state index contributed by atoms with van der Waals surface area (Å²) in [6.07, 6.45) is 3.34. The Labute approximate surface area is 177 Å². The van der Waals surface area contributed by atoms with Crippen LogP contribution in [0, 0.1) is 0 Å². The number of hydrogen-bond acceptors (Lipinski definition) is 6. The lowest BCUT2D eigenvalue weighted by molar-refractivity contribution is -0.119. The standard InChI is InChI=1S/C20H21ClN4O3S/c21-15-5-3-14(4-6-15)19-23-24-20(25(19)12-17-2-1-9-28-17)29-13-18(26)22-16-7-10-27-11-8-16/h1-6,9,16H,7-8,10-13H2,(H,22,26). The highest BCUT2D eigenvalue weighted by Crippen LogP contribution is 2.26. The third kappa shape index (κ3) is 5.20. The number of furan rings is 1. The van der Waals surface area contributed by atoms with Crippen molar-refractivity contribution in [3.05, 3.63) is 53.4 Å². The fraction of sp³-hybridized carbons (Fsp3) is 0.350. The highest BCUT2D eigenvalue weighted by Gasteiger charge is 2.19. The van der Waals surface area contributed by atoms with Gasteiger partial charge in [0.2, 0.25) is 5.91 Å².